The van der Waals surface area contributed by atoms with E-state index in [4.69, 9.17) is 59.3 Å². The number of esters is 2. The number of alkyl halides is 2. The molecule has 8 saturated carbocycles. The molecule has 8 aliphatic rings. The Morgan fingerprint density at radius 1 is 0.486 bits per heavy atom. The van der Waals surface area contributed by atoms with E-state index < -0.39 is 17.2 Å². The minimum absolute atomic E-state index is 0. The molecule has 0 aliphatic heterocycles. The maximum absolute atomic E-state index is 11.4. The molecule has 584 valence electrons. The molecule has 0 amide bonds. The average molecular weight is 1560 g/mol. The molecule has 14 rings (SSSR count). The van der Waals surface area contributed by atoms with Crippen molar-refractivity contribution in [3.8, 4) is 34.5 Å². The summed E-state index contributed by atoms with van der Waals surface area (Å²) in [4.78, 5) is 43.4. The largest absolute Gasteiger partial charge is 1.00 e. The molecule has 0 heterocycles. The van der Waals surface area contributed by atoms with Gasteiger partial charge >= 0.3 is 36.8 Å². The van der Waals surface area contributed by atoms with Gasteiger partial charge in [-0.2, -0.15) is 0 Å². The van der Waals surface area contributed by atoms with E-state index in [1.54, 1.807) is 0 Å². The summed E-state index contributed by atoms with van der Waals surface area (Å²) in [5.74, 6) is 4.24. The minimum Gasteiger partial charge on any atom is -0.870 e. The molecule has 18 nitrogen and oxygen atoms in total. The number of carbonyl (C=O) groups excluding carboxylic acids is 3. The molecule has 21 heteroatoms. The van der Waals surface area contributed by atoms with Crippen molar-refractivity contribution in [3.05, 3.63) is 180 Å². The van der Waals surface area contributed by atoms with Gasteiger partial charge in [0.2, 0.25) is 0 Å². The molecule has 5 N–H and O–H groups in total. The number of methoxy groups -OCH3 is 1. The van der Waals surface area contributed by atoms with Gasteiger partial charge in [-0.05, 0) is 227 Å². The van der Waals surface area contributed by atoms with Crippen LogP contribution in [0.25, 0.3) is 0 Å². The number of rotatable bonds is 24. The first kappa shape index (κ1) is 93.2. The zero-order valence-electron chi connectivity index (χ0n) is 61.4. The minimum atomic E-state index is -0.912. The average Bonchev–Trinajstić information content (AvgIpc) is 1.62. The summed E-state index contributed by atoms with van der Waals surface area (Å²) < 4.78 is 51.1. The van der Waals surface area contributed by atoms with Gasteiger partial charge in [0.1, 0.15) is 58.6 Å². The number of carbonyl (C=O) groups is 4. The van der Waals surface area contributed by atoms with E-state index in [2.05, 4.69) is 22.0 Å². The van der Waals surface area contributed by atoms with E-state index in [-0.39, 0.29) is 121 Å². The molecule has 0 unspecified atom stereocenters. The first-order valence-electron chi connectivity index (χ1n) is 35.9. The van der Waals surface area contributed by atoms with Crippen LogP contribution < -0.4 is 33.1 Å². The summed E-state index contributed by atoms with van der Waals surface area (Å²) in [5.41, 5.74) is 1.70. The number of hydrogen-bond acceptors (Lipinski definition) is 17. The van der Waals surface area contributed by atoms with Crippen LogP contribution in [0.2, 0.25) is 0 Å². The van der Waals surface area contributed by atoms with Crippen LogP contribution >= 0.6 is 27.5 Å². The van der Waals surface area contributed by atoms with Crippen molar-refractivity contribution in [3.63, 3.8) is 0 Å². The summed E-state index contributed by atoms with van der Waals surface area (Å²) in [7, 11) is 1.42. The second-order valence-corrected chi connectivity index (χ2v) is 31.4. The first-order valence-corrected chi connectivity index (χ1v) is 37.5. The fourth-order valence-electron chi connectivity index (χ4n) is 16.1. The summed E-state index contributed by atoms with van der Waals surface area (Å²) in [5, 5.41) is 38.6. The monoisotopic (exact) mass is 1560 g/mol. The van der Waals surface area contributed by atoms with Crippen molar-refractivity contribution < 1.29 is 107 Å². The fraction of sp³-hybridized carbons (Fsp3) is 0.535. The smallest absolute Gasteiger partial charge is 0.870 e. The summed E-state index contributed by atoms with van der Waals surface area (Å²) in [6, 6.07) is 53.1. The molecule has 0 spiro atoms. The predicted molar refractivity (Wildman–Crippen MR) is 416 cm³/mol. The van der Waals surface area contributed by atoms with E-state index >= 15 is 0 Å². The number of aliphatic hydroxyl groups excluding tert-OH is 1. The normalized spacial score (nSPS) is 25.7. The topological polar surface area (TPSA) is 262 Å². The summed E-state index contributed by atoms with van der Waals surface area (Å²) >= 11 is 8.81. The number of halogens is 2. The second-order valence-electron chi connectivity index (χ2n) is 30.5. The van der Waals surface area contributed by atoms with E-state index in [0.717, 1.165) is 173 Å². The third kappa shape index (κ3) is 26.8. The van der Waals surface area contributed by atoms with Gasteiger partial charge in [0, 0.05) is 23.3 Å². The van der Waals surface area contributed by atoms with Crippen molar-refractivity contribution in [2.24, 2.45) is 21.7 Å². The van der Waals surface area contributed by atoms with Gasteiger partial charge in [0.05, 0.1) is 67.2 Å². The van der Waals surface area contributed by atoms with E-state index in [1.807, 2.05) is 178 Å². The van der Waals surface area contributed by atoms with Crippen LogP contribution in [0.3, 0.4) is 0 Å². The summed E-state index contributed by atoms with van der Waals surface area (Å²) in [6.45, 7) is 9.59. The Morgan fingerprint density at radius 2 is 0.841 bits per heavy atom. The van der Waals surface area contributed by atoms with Crippen LogP contribution in [-0.4, -0.2) is 123 Å². The maximum atomic E-state index is 11.4. The Bertz CT molecular complexity index is 3630. The number of para-hydroxylation sites is 6. The van der Waals surface area contributed by atoms with Crippen molar-refractivity contribution in [2.75, 3.05) is 45.5 Å². The van der Waals surface area contributed by atoms with Crippen molar-refractivity contribution >= 4 is 51.2 Å². The van der Waals surface area contributed by atoms with Crippen LogP contribution in [-0.2, 0) is 66.7 Å². The molecule has 6 aromatic rings. The predicted octanol–water partition coefficient (Wildman–Crippen LogP) is 16.3. The van der Waals surface area contributed by atoms with Crippen LogP contribution in [0, 0.1) is 21.7 Å². The number of aliphatic carboxylic acids is 1. The van der Waals surface area contributed by atoms with Crippen molar-refractivity contribution in [1.29, 1.82) is 0 Å². The number of Topliss-reactive ketones (excluding diaryl/α,β-unsaturated/α-hetero) is 1. The van der Waals surface area contributed by atoms with Crippen LogP contribution in [0.15, 0.2) is 164 Å². The molecule has 0 radical (unpaired) electrons. The summed E-state index contributed by atoms with van der Waals surface area (Å²) in [6.07, 6.45) is 18.9. The molecule has 8 fully saturated rings. The van der Waals surface area contributed by atoms with Gasteiger partial charge in [-0.1, -0.05) is 147 Å². The van der Waals surface area contributed by atoms with Gasteiger partial charge in [-0.15, -0.1) is 11.6 Å². The molecule has 0 atom stereocenters. The van der Waals surface area contributed by atoms with Gasteiger partial charge in [-0.3, -0.25) is 14.4 Å². The first-order chi connectivity index (χ1) is 48.8. The third-order valence-corrected chi connectivity index (χ3v) is 22.2. The Balaban J connectivity index is 0.000000280. The third-order valence-electron chi connectivity index (χ3n) is 21.5. The van der Waals surface area contributed by atoms with Crippen molar-refractivity contribution in [1.82, 2.24) is 0 Å². The van der Waals surface area contributed by atoms with Crippen LogP contribution in [0.1, 0.15) is 195 Å². The SMILES string of the molecule is C.C.C.CC(=O)COCC12CCC(O)(CC1)C2.CC(C)(C)OC(=O)CBr.COC(=O)C12CCC(O)(CC1)C2.ClCc1ccccc1Oc1ccccc1.O=C(O)COCC12CCC(OCc3ccccc3Oc3ccccc3)(CC1)C2.OCC12CCC(OCc3ccccc3Oc3ccccc3)(CC1)C2.[Li+].[OH-]. The number of hydrogen-bond donors (Lipinski definition) is 4. The Hall–Kier alpha value is -6.15. The number of carboxylic acid groups (broad SMARTS) is 1. The van der Waals surface area contributed by atoms with Crippen molar-refractivity contribution in [2.45, 2.75) is 225 Å². The number of benzene rings is 6. The second kappa shape index (κ2) is 42.3. The number of ketones is 1. The zero-order chi connectivity index (χ0) is 73.0. The fourth-order valence-corrected chi connectivity index (χ4v) is 16.4. The van der Waals surface area contributed by atoms with Gasteiger partial charge in [0.15, 0.2) is 5.78 Å². The molecule has 8 aliphatic carbocycles. The number of fused-ring (bicyclic) bond motifs is 8. The van der Waals surface area contributed by atoms with Crippen LogP contribution in [0.5, 0.6) is 34.5 Å². The Kier molecular flexibility index (Phi) is 36.9. The van der Waals surface area contributed by atoms with E-state index in [0.29, 0.717) is 45.3 Å². The Morgan fingerprint density at radius 3 is 1.18 bits per heavy atom. The number of ether oxygens (including phenoxy) is 9. The molecule has 6 aromatic carbocycles. The molecule has 0 saturated heterocycles. The molecule has 107 heavy (non-hydrogen) atoms. The maximum Gasteiger partial charge on any atom is 1.00 e. The number of carboxylic acids is 1. The van der Waals surface area contributed by atoms with Gasteiger partial charge in [0.25, 0.3) is 0 Å². The van der Waals surface area contributed by atoms with Gasteiger partial charge < -0.3 is 68.5 Å². The molecule has 0 aromatic heterocycles. The Labute approximate surface area is 661 Å². The molecular formula is C86H117BrClLiO18. The van der Waals surface area contributed by atoms with E-state index in [1.165, 1.54) is 14.0 Å². The number of aliphatic hydroxyl groups is 3. The van der Waals surface area contributed by atoms with Crippen LogP contribution in [0.4, 0.5) is 0 Å². The molecule has 8 bridgehead atoms. The quantitative estimate of drug-likeness (QED) is 0.0249. The standard InChI is InChI=1S/C23H26O5.C21H24O3.C13H11ClO.C11H18O3.C9H14O3.C6H11BrO2.3CH4.Li.H2O/c24-21(25)15-26-17-22-10-12-23(16-22,13-11-22)27-14-18-6-4-5-9-20(18)28-19-7-2-1-3-8-19;22-16-20-10-12-21(15-20,13-11-20)23-14-17-6-4-5-9-19(17)24-18-7-2-1-3-8-18;14-10-11-6-4-5-9-13(11)15-12-7-2-1-3-8-12;1-9(12)6-14-8-10-2-4-11(13,7-10)5-3-10;1-12-7(10)8-2-4-9(11,6-8)5-3-8;1-6(2,3)9-5(8)4-7;;;;;/h1-9H,10-17H2,(H,24,25);1-9,22H,10-16H2;1-9H,10H2;13H,2-8H2,1H3;11H,2-6H2,1H3;4H2,1-3H3;3*1H4;;1H2/q;;;;;;;;;+1;/p-1. The van der Waals surface area contributed by atoms with Gasteiger partial charge in [-0.25, -0.2) is 4.79 Å². The van der Waals surface area contributed by atoms with E-state index in [9.17, 15) is 34.5 Å². The molecular weight excluding hydrogens is 1440 g/mol. The zero-order valence-corrected chi connectivity index (χ0v) is 63.7.